The van der Waals surface area contributed by atoms with Crippen LogP contribution in [0, 0.1) is 0 Å². The first-order chi connectivity index (χ1) is 9.19. The molecule has 0 radical (unpaired) electrons. The van der Waals surface area contributed by atoms with Gasteiger partial charge in [-0.2, -0.15) is 0 Å². The quantitative estimate of drug-likeness (QED) is 0.403. The molecule has 112 valence electrons. The molecule has 0 aromatic carbocycles. The van der Waals surface area contributed by atoms with E-state index in [4.69, 9.17) is 5.84 Å². The lowest BCUT2D eigenvalue weighted by Crippen LogP contribution is -2.63. The van der Waals surface area contributed by atoms with Crippen molar-refractivity contribution in [3.05, 3.63) is 11.6 Å². The molecule has 0 aromatic rings. The van der Waals surface area contributed by atoms with E-state index in [0.29, 0.717) is 6.04 Å². The SMILES string of the molecule is CCN(CC)C(CC)(CC)C(NN)C1=CCCCC1. The maximum Gasteiger partial charge on any atom is 0.0603 e. The van der Waals surface area contributed by atoms with Crippen LogP contribution < -0.4 is 11.3 Å². The van der Waals surface area contributed by atoms with Crippen LogP contribution in [0.4, 0.5) is 0 Å². The van der Waals surface area contributed by atoms with Crippen LogP contribution in [0.25, 0.3) is 0 Å². The van der Waals surface area contributed by atoms with Gasteiger partial charge >= 0.3 is 0 Å². The van der Waals surface area contributed by atoms with Gasteiger partial charge in [-0.15, -0.1) is 0 Å². The highest BCUT2D eigenvalue weighted by molar-refractivity contribution is 5.20. The summed E-state index contributed by atoms with van der Waals surface area (Å²) in [6.07, 6.45) is 9.77. The molecule has 0 bridgehead atoms. The fourth-order valence-corrected chi connectivity index (χ4v) is 3.87. The van der Waals surface area contributed by atoms with E-state index >= 15 is 0 Å². The summed E-state index contributed by atoms with van der Waals surface area (Å²) >= 11 is 0. The minimum atomic E-state index is 0.154. The highest BCUT2D eigenvalue weighted by atomic mass is 15.3. The number of rotatable bonds is 8. The molecule has 0 fully saturated rings. The van der Waals surface area contributed by atoms with Crippen molar-refractivity contribution in [1.82, 2.24) is 10.3 Å². The van der Waals surface area contributed by atoms with E-state index in [-0.39, 0.29) is 5.54 Å². The minimum absolute atomic E-state index is 0.154. The van der Waals surface area contributed by atoms with Crippen LogP contribution in [0.5, 0.6) is 0 Å². The number of hydrazine groups is 1. The van der Waals surface area contributed by atoms with Crippen molar-refractivity contribution in [2.75, 3.05) is 13.1 Å². The Morgan fingerprint density at radius 3 is 2.21 bits per heavy atom. The summed E-state index contributed by atoms with van der Waals surface area (Å²) in [6, 6.07) is 0.294. The molecule has 3 N–H and O–H groups in total. The molecule has 0 saturated heterocycles. The first kappa shape index (κ1) is 16.7. The largest absolute Gasteiger partial charge is 0.296 e. The Kier molecular flexibility index (Phi) is 7.05. The summed E-state index contributed by atoms with van der Waals surface area (Å²) in [6.45, 7) is 11.3. The van der Waals surface area contributed by atoms with E-state index in [9.17, 15) is 0 Å². The third-order valence-corrected chi connectivity index (χ3v) is 5.02. The van der Waals surface area contributed by atoms with E-state index < -0.39 is 0 Å². The zero-order chi connectivity index (χ0) is 14.3. The Morgan fingerprint density at radius 1 is 1.21 bits per heavy atom. The first-order valence-electron chi connectivity index (χ1n) is 8.10. The van der Waals surface area contributed by atoms with Crippen LogP contribution in [-0.4, -0.2) is 29.6 Å². The van der Waals surface area contributed by atoms with Gasteiger partial charge in [0.1, 0.15) is 0 Å². The van der Waals surface area contributed by atoms with E-state index in [2.05, 4.69) is 44.1 Å². The van der Waals surface area contributed by atoms with Crippen molar-refractivity contribution in [3.8, 4) is 0 Å². The minimum Gasteiger partial charge on any atom is -0.296 e. The predicted octanol–water partition coefficient (Wildman–Crippen LogP) is 3.22. The average Bonchev–Trinajstić information content (AvgIpc) is 2.48. The second-order valence-electron chi connectivity index (χ2n) is 5.61. The Labute approximate surface area is 119 Å². The predicted molar refractivity (Wildman–Crippen MR) is 83.9 cm³/mol. The number of allylic oxidation sites excluding steroid dienone is 1. The lowest BCUT2D eigenvalue weighted by atomic mass is 9.76. The Bertz CT molecular complexity index is 278. The van der Waals surface area contributed by atoms with Gasteiger partial charge in [0.2, 0.25) is 0 Å². The molecule has 1 unspecified atom stereocenters. The Balaban J connectivity index is 3.08. The van der Waals surface area contributed by atoms with Crippen LogP contribution in [0.3, 0.4) is 0 Å². The lowest BCUT2D eigenvalue weighted by molar-refractivity contribution is 0.0596. The van der Waals surface area contributed by atoms with E-state index in [1.807, 2.05) is 0 Å². The number of likely N-dealkylation sites (N-methyl/N-ethyl adjacent to an activating group) is 1. The van der Waals surface area contributed by atoms with Gasteiger partial charge in [-0.05, 0) is 51.6 Å². The highest BCUT2D eigenvalue weighted by Gasteiger charge is 2.41. The Hall–Kier alpha value is -0.380. The molecule has 1 rings (SSSR count). The van der Waals surface area contributed by atoms with Gasteiger partial charge in [0.25, 0.3) is 0 Å². The Morgan fingerprint density at radius 2 is 1.84 bits per heavy atom. The third kappa shape index (κ3) is 3.39. The van der Waals surface area contributed by atoms with Gasteiger partial charge in [0.15, 0.2) is 0 Å². The second-order valence-corrected chi connectivity index (χ2v) is 5.61. The van der Waals surface area contributed by atoms with Crippen LogP contribution in [0.15, 0.2) is 11.6 Å². The van der Waals surface area contributed by atoms with Gasteiger partial charge in [0, 0.05) is 5.54 Å². The second kappa shape index (κ2) is 8.03. The van der Waals surface area contributed by atoms with Crippen molar-refractivity contribution >= 4 is 0 Å². The number of nitrogens with one attached hydrogen (secondary N) is 1. The maximum absolute atomic E-state index is 5.97. The number of hydrogen-bond donors (Lipinski definition) is 2. The van der Waals surface area contributed by atoms with Gasteiger partial charge in [-0.25, -0.2) is 0 Å². The van der Waals surface area contributed by atoms with E-state index in [1.165, 1.54) is 31.3 Å². The van der Waals surface area contributed by atoms with Crippen molar-refractivity contribution in [1.29, 1.82) is 0 Å². The molecule has 0 aromatic heterocycles. The summed E-state index contributed by atoms with van der Waals surface area (Å²) in [5.74, 6) is 5.97. The normalized spacial score (nSPS) is 18.5. The van der Waals surface area contributed by atoms with Gasteiger partial charge < -0.3 is 0 Å². The zero-order valence-electron chi connectivity index (χ0n) is 13.3. The molecule has 3 heteroatoms. The average molecular weight is 267 g/mol. The number of nitrogens with zero attached hydrogens (tertiary/aromatic N) is 1. The monoisotopic (exact) mass is 267 g/mol. The van der Waals surface area contributed by atoms with Crippen molar-refractivity contribution < 1.29 is 0 Å². The smallest absolute Gasteiger partial charge is 0.0603 e. The number of hydrogen-bond acceptors (Lipinski definition) is 3. The van der Waals surface area contributed by atoms with Gasteiger partial charge in [-0.3, -0.25) is 16.2 Å². The molecule has 1 aliphatic rings. The molecule has 0 heterocycles. The molecular formula is C16H33N3. The molecule has 1 atom stereocenters. The summed E-state index contributed by atoms with van der Waals surface area (Å²) in [5.41, 5.74) is 4.84. The lowest BCUT2D eigenvalue weighted by Gasteiger charge is -2.49. The highest BCUT2D eigenvalue weighted by Crippen LogP contribution is 2.34. The maximum atomic E-state index is 5.97. The molecule has 0 aliphatic heterocycles. The van der Waals surface area contributed by atoms with Crippen molar-refractivity contribution in [2.45, 2.75) is 77.8 Å². The van der Waals surface area contributed by atoms with Crippen molar-refractivity contribution in [3.63, 3.8) is 0 Å². The van der Waals surface area contributed by atoms with E-state index in [1.54, 1.807) is 0 Å². The van der Waals surface area contributed by atoms with Crippen LogP contribution in [0.2, 0.25) is 0 Å². The molecule has 0 amide bonds. The molecule has 0 saturated carbocycles. The fraction of sp³-hybridized carbons (Fsp3) is 0.875. The molecule has 0 spiro atoms. The van der Waals surface area contributed by atoms with Crippen LogP contribution in [0.1, 0.15) is 66.2 Å². The third-order valence-electron chi connectivity index (χ3n) is 5.02. The number of nitrogens with two attached hydrogens (primary N) is 1. The fourth-order valence-electron chi connectivity index (χ4n) is 3.87. The first-order valence-corrected chi connectivity index (χ1v) is 8.10. The zero-order valence-corrected chi connectivity index (χ0v) is 13.3. The van der Waals surface area contributed by atoms with E-state index in [0.717, 1.165) is 25.9 Å². The molecule has 3 nitrogen and oxygen atoms in total. The molecular weight excluding hydrogens is 234 g/mol. The van der Waals surface area contributed by atoms with Crippen molar-refractivity contribution in [2.24, 2.45) is 5.84 Å². The van der Waals surface area contributed by atoms with Gasteiger partial charge in [-0.1, -0.05) is 39.3 Å². The summed E-state index contributed by atoms with van der Waals surface area (Å²) in [5, 5.41) is 0. The molecule has 1 aliphatic carbocycles. The van der Waals surface area contributed by atoms with Crippen LogP contribution >= 0.6 is 0 Å². The summed E-state index contributed by atoms with van der Waals surface area (Å²) in [7, 11) is 0. The van der Waals surface area contributed by atoms with Gasteiger partial charge in [0.05, 0.1) is 6.04 Å². The topological polar surface area (TPSA) is 41.3 Å². The van der Waals surface area contributed by atoms with Crippen LogP contribution in [-0.2, 0) is 0 Å². The summed E-state index contributed by atoms with van der Waals surface area (Å²) in [4.78, 5) is 2.59. The standard InChI is InChI=1S/C16H33N3/c1-5-16(6-2,19(7-3)8-4)15(18-17)14-12-10-9-11-13-14/h12,15,18H,5-11,13,17H2,1-4H3. The molecule has 19 heavy (non-hydrogen) atoms. The summed E-state index contributed by atoms with van der Waals surface area (Å²) < 4.78 is 0.